The highest BCUT2D eigenvalue weighted by Gasteiger charge is 2.28. The van der Waals surface area contributed by atoms with Crippen LogP contribution >= 0.6 is 11.3 Å². The molecular formula is C14H14N6O4S. The van der Waals surface area contributed by atoms with Gasteiger partial charge in [0.1, 0.15) is 0 Å². The Morgan fingerprint density at radius 2 is 1.68 bits per heavy atom. The second-order valence-electron chi connectivity index (χ2n) is 5.27. The number of hydrogen-bond acceptors (Lipinski definition) is 8. The highest BCUT2D eigenvalue weighted by molar-refractivity contribution is 7.17. The molecule has 0 unspecified atom stereocenters. The maximum atomic E-state index is 12.4. The number of carbonyl (C=O) groups is 2. The van der Waals surface area contributed by atoms with Crippen LogP contribution in [0, 0.1) is 10.1 Å². The predicted molar refractivity (Wildman–Crippen MR) is 89.2 cm³/mol. The molecule has 11 heteroatoms. The van der Waals surface area contributed by atoms with Crippen molar-refractivity contribution in [2.45, 2.75) is 0 Å². The molecule has 25 heavy (non-hydrogen) atoms. The van der Waals surface area contributed by atoms with E-state index in [-0.39, 0.29) is 28.3 Å². The van der Waals surface area contributed by atoms with E-state index in [1.54, 1.807) is 9.80 Å². The van der Waals surface area contributed by atoms with Crippen LogP contribution in [-0.2, 0) is 0 Å². The van der Waals surface area contributed by atoms with Gasteiger partial charge in [0.2, 0.25) is 0 Å². The lowest BCUT2D eigenvalue weighted by atomic mass is 10.2. The molecule has 0 bridgehead atoms. The molecule has 0 radical (unpaired) electrons. The fourth-order valence-electron chi connectivity index (χ4n) is 2.47. The molecule has 0 saturated carbocycles. The molecule has 10 nitrogen and oxygen atoms in total. The second-order valence-corrected chi connectivity index (χ2v) is 6.33. The Labute approximate surface area is 146 Å². The molecule has 0 atom stereocenters. The lowest BCUT2D eigenvalue weighted by Gasteiger charge is -2.34. The molecule has 1 aliphatic heterocycles. The largest absolute Gasteiger partial charge is 0.382 e. The van der Waals surface area contributed by atoms with Crippen LogP contribution in [-0.4, -0.2) is 62.7 Å². The monoisotopic (exact) mass is 362 g/mol. The van der Waals surface area contributed by atoms with E-state index in [1.165, 1.54) is 24.5 Å². The normalized spacial score (nSPS) is 14.4. The van der Waals surface area contributed by atoms with Gasteiger partial charge in [0.15, 0.2) is 11.5 Å². The number of carbonyl (C=O) groups excluding carboxylic acids is 2. The Morgan fingerprint density at radius 1 is 1.08 bits per heavy atom. The summed E-state index contributed by atoms with van der Waals surface area (Å²) in [5, 5.41) is 10.6. The van der Waals surface area contributed by atoms with Crippen molar-refractivity contribution in [1.29, 1.82) is 0 Å². The molecule has 1 saturated heterocycles. The zero-order chi connectivity index (χ0) is 18.0. The molecule has 2 N–H and O–H groups in total. The molecular weight excluding hydrogens is 348 g/mol. The standard InChI is InChI=1S/C14H14N6O4S/c15-12-11(16-3-4-17-12)14(22)19-7-5-18(6-8-19)13(21)9-1-2-10(25-9)20(23)24/h1-4H,5-8H2,(H2,15,17). The average molecular weight is 362 g/mol. The minimum absolute atomic E-state index is 0.0666. The number of nitrogens with two attached hydrogens (primary N) is 1. The minimum atomic E-state index is -0.524. The number of nitro groups is 1. The molecule has 3 rings (SSSR count). The number of amides is 2. The number of rotatable bonds is 3. The van der Waals surface area contributed by atoms with Crippen LogP contribution in [0.15, 0.2) is 24.5 Å². The Balaban J connectivity index is 1.63. The highest BCUT2D eigenvalue weighted by atomic mass is 32.1. The van der Waals surface area contributed by atoms with Crippen molar-refractivity contribution in [3.8, 4) is 0 Å². The van der Waals surface area contributed by atoms with Gasteiger partial charge in [-0.15, -0.1) is 0 Å². The van der Waals surface area contributed by atoms with E-state index in [2.05, 4.69) is 9.97 Å². The molecule has 2 aromatic heterocycles. The number of piperazine rings is 1. The molecule has 2 amide bonds. The van der Waals surface area contributed by atoms with Crippen molar-refractivity contribution in [3.63, 3.8) is 0 Å². The topological polar surface area (TPSA) is 136 Å². The Bertz CT molecular complexity index is 830. The third-order valence-electron chi connectivity index (χ3n) is 3.77. The van der Waals surface area contributed by atoms with Crippen LogP contribution in [0.25, 0.3) is 0 Å². The SMILES string of the molecule is Nc1nccnc1C(=O)N1CCN(C(=O)c2ccc([N+](=O)[O-])s2)CC1. The number of hydrogen-bond donors (Lipinski definition) is 1. The zero-order valence-corrected chi connectivity index (χ0v) is 13.8. The van der Waals surface area contributed by atoms with E-state index in [1.807, 2.05) is 0 Å². The first kappa shape index (κ1) is 16.8. The van der Waals surface area contributed by atoms with E-state index in [4.69, 9.17) is 5.73 Å². The van der Waals surface area contributed by atoms with Gasteiger partial charge in [-0.1, -0.05) is 11.3 Å². The van der Waals surface area contributed by atoms with Crippen LogP contribution in [0.4, 0.5) is 10.8 Å². The zero-order valence-electron chi connectivity index (χ0n) is 13.0. The van der Waals surface area contributed by atoms with Crippen molar-refractivity contribution in [1.82, 2.24) is 19.8 Å². The van der Waals surface area contributed by atoms with Crippen molar-refractivity contribution in [2.75, 3.05) is 31.9 Å². The van der Waals surface area contributed by atoms with Crippen LogP contribution in [0.1, 0.15) is 20.2 Å². The summed E-state index contributed by atoms with van der Waals surface area (Å²) >= 11 is 0.843. The van der Waals surface area contributed by atoms with Crippen LogP contribution < -0.4 is 5.73 Å². The van der Waals surface area contributed by atoms with Gasteiger partial charge < -0.3 is 15.5 Å². The highest BCUT2D eigenvalue weighted by Crippen LogP contribution is 2.25. The first-order valence-corrected chi connectivity index (χ1v) is 8.18. The van der Waals surface area contributed by atoms with Gasteiger partial charge in [-0.25, -0.2) is 9.97 Å². The van der Waals surface area contributed by atoms with Crippen LogP contribution in [0.5, 0.6) is 0 Å². The van der Waals surface area contributed by atoms with Gasteiger partial charge in [0, 0.05) is 44.6 Å². The lowest BCUT2D eigenvalue weighted by Crippen LogP contribution is -2.50. The first-order valence-electron chi connectivity index (χ1n) is 7.36. The summed E-state index contributed by atoms with van der Waals surface area (Å²) in [4.78, 5) is 46.2. The van der Waals surface area contributed by atoms with Crippen LogP contribution in [0.2, 0.25) is 0 Å². The summed E-state index contributed by atoms with van der Waals surface area (Å²) in [6.07, 6.45) is 2.80. The van der Waals surface area contributed by atoms with Crippen molar-refractivity contribution >= 4 is 34.0 Å². The molecule has 2 aromatic rings. The summed E-state index contributed by atoms with van der Waals surface area (Å²) in [7, 11) is 0. The van der Waals surface area contributed by atoms with Crippen LogP contribution in [0.3, 0.4) is 0 Å². The number of thiophene rings is 1. The minimum Gasteiger partial charge on any atom is -0.382 e. The van der Waals surface area contributed by atoms with Crippen molar-refractivity contribution in [2.24, 2.45) is 0 Å². The van der Waals surface area contributed by atoms with E-state index in [0.717, 1.165) is 11.3 Å². The first-order chi connectivity index (χ1) is 12.0. The summed E-state index contributed by atoms with van der Waals surface area (Å²) in [6.45, 7) is 1.31. The van der Waals surface area contributed by atoms with Gasteiger partial charge >= 0.3 is 5.00 Å². The number of nitrogen functional groups attached to an aromatic ring is 1. The van der Waals surface area contributed by atoms with E-state index < -0.39 is 4.92 Å². The fraction of sp³-hybridized carbons (Fsp3) is 0.286. The smallest absolute Gasteiger partial charge is 0.324 e. The summed E-state index contributed by atoms with van der Waals surface area (Å²) in [6, 6.07) is 2.76. The number of nitrogens with zero attached hydrogens (tertiary/aromatic N) is 5. The molecule has 1 fully saturated rings. The molecule has 1 aliphatic rings. The second kappa shape index (κ2) is 6.81. The summed E-state index contributed by atoms with van der Waals surface area (Å²) in [5.41, 5.74) is 5.76. The number of aromatic nitrogens is 2. The Morgan fingerprint density at radius 3 is 2.24 bits per heavy atom. The summed E-state index contributed by atoms with van der Waals surface area (Å²) in [5.74, 6) is -0.537. The quantitative estimate of drug-likeness (QED) is 0.624. The van der Waals surface area contributed by atoms with Gasteiger partial charge in [0.05, 0.1) is 9.80 Å². The third kappa shape index (κ3) is 3.40. The van der Waals surface area contributed by atoms with Gasteiger partial charge in [0.25, 0.3) is 11.8 Å². The van der Waals surface area contributed by atoms with Crippen molar-refractivity contribution in [3.05, 3.63) is 45.2 Å². The Kier molecular flexibility index (Phi) is 4.57. The van der Waals surface area contributed by atoms with Crippen molar-refractivity contribution < 1.29 is 14.5 Å². The third-order valence-corrected chi connectivity index (χ3v) is 4.79. The maximum Gasteiger partial charge on any atom is 0.324 e. The summed E-state index contributed by atoms with van der Waals surface area (Å²) < 4.78 is 0. The molecule has 0 spiro atoms. The Hall–Kier alpha value is -3.08. The van der Waals surface area contributed by atoms with E-state index >= 15 is 0 Å². The average Bonchev–Trinajstić information content (AvgIpc) is 3.11. The molecule has 3 heterocycles. The number of anilines is 1. The van der Waals surface area contributed by atoms with Gasteiger partial charge in [-0.2, -0.15) is 0 Å². The van der Waals surface area contributed by atoms with E-state index in [9.17, 15) is 19.7 Å². The maximum absolute atomic E-state index is 12.4. The van der Waals surface area contributed by atoms with Gasteiger partial charge in [-0.3, -0.25) is 19.7 Å². The molecule has 0 aliphatic carbocycles. The predicted octanol–water partition coefficient (Wildman–Crippen LogP) is 0.627. The van der Waals surface area contributed by atoms with Gasteiger partial charge in [-0.05, 0) is 6.07 Å². The molecule has 130 valence electrons. The molecule has 0 aromatic carbocycles. The lowest BCUT2D eigenvalue weighted by molar-refractivity contribution is -0.380. The van der Waals surface area contributed by atoms with E-state index in [0.29, 0.717) is 31.1 Å². The fourth-order valence-corrected chi connectivity index (χ4v) is 3.26.